The first-order chi connectivity index (χ1) is 26.3. The van der Waals surface area contributed by atoms with Crippen LogP contribution in [0.3, 0.4) is 0 Å². The number of benzene rings is 1. The molecule has 2 atom stereocenters. The number of aromatic amines is 1. The van der Waals surface area contributed by atoms with Crippen molar-refractivity contribution in [1.82, 2.24) is 35.4 Å². The monoisotopic (exact) mass is 732 g/mol. The molecule has 4 aromatic rings. The lowest BCUT2D eigenvalue weighted by Crippen LogP contribution is -2.52. The number of rotatable bonds is 9. The summed E-state index contributed by atoms with van der Waals surface area (Å²) in [4.78, 5) is 71.2. The van der Waals surface area contributed by atoms with Crippen LogP contribution in [0.2, 0.25) is 0 Å². The van der Waals surface area contributed by atoms with Crippen LogP contribution in [0.5, 0.6) is 0 Å². The molecule has 0 radical (unpaired) electrons. The van der Waals surface area contributed by atoms with Gasteiger partial charge in [0.2, 0.25) is 11.8 Å². The SMILES string of the molecule is CN1CCC[C@@H]1c1cc2cnc(NC(=O)c3ccc(N4CCN(CC5CCN(c6ccc(C(=O)N[C@H]7CCC(=O)NC7=O)nc6)CC5)CC4)cc3)cc2[nH]1. The topological polar surface area (TPSA) is 159 Å². The zero-order valence-corrected chi connectivity index (χ0v) is 30.7. The van der Waals surface area contributed by atoms with Crippen molar-refractivity contribution in [2.45, 2.75) is 50.6 Å². The normalized spacial score (nSPS) is 21.7. The predicted molar refractivity (Wildman–Crippen MR) is 207 cm³/mol. The van der Waals surface area contributed by atoms with Crippen LogP contribution in [-0.4, -0.2) is 114 Å². The third-order valence-electron chi connectivity index (χ3n) is 11.5. The summed E-state index contributed by atoms with van der Waals surface area (Å²) in [5, 5.41) is 8.96. The number of pyridine rings is 2. The van der Waals surface area contributed by atoms with Crippen molar-refractivity contribution in [2.24, 2.45) is 5.92 Å². The van der Waals surface area contributed by atoms with Gasteiger partial charge in [-0.15, -0.1) is 0 Å². The quantitative estimate of drug-likeness (QED) is 0.188. The molecule has 0 unspecified atom stereocenters. The van der Waals surface area contributed by atoms with Gasteiger partial charge in [0, 0.05) is 92.9 Å². The van der Waals surface area contributed by atoms with Crippen molar-refractivity contribution in [3.63, 3.8) is 0 Å². The first-order valence-corrected chi connectivity index (χ1v) is 19.2. The maximum absolute atomic E-state index is 13.1. The van der Waals surface area contributed by atoms with E-state index in [0.29, 0.717) is 29.8 Å². The Kier molecular flexibility index (Phi) is 10.3. The lowest BCUT2D eigenvalue weighted by Gasteiger charge is -2.40. The number of hydrogen-bond donors (Lipinski definition) is 4. The van der Waals surface area contributed by atoms with E-state index in [1.165, 1.54) is 12.1 Å². The Balaban J connectivity index is 0.763. The van der Waals surface area contributed by atoms with Crippen molar-refractivity contribution in [3.8, 4) is 0 Å². The van der Waals surface area contributed by atoms with Crippen LogP contribution in [0, 0.1) is 5.92 Å². The van der Waals surface area contributed by atoms with Crippen molar-refractivity contribution < 1.29 is 19.2 Å². The lowest BCUT2D eigenvalue weighted by atomic mass is 9.95. The van der Waals surface area contributed by atoms with Gasteiger partial charge in [-0.05, 0) is 94.1 Å². The smallest absolute Gasteiger partial charge is 0.270 e. The summed E-state index contributed by atoms with van der Waals surface area (Å²) in [6.45, 7) is 7.95. The van der Waals surface area contributed by atoms with E-state index < -0.39 is 17.9 Å². The number of H-pyrrole nitrogens is 1. The van der Waals surface area contributed by atoms with Crippen molar-refractivity contribution >= 4 is 51.7 Å². The van der Waals surface area contributed by atoms with E-state index in [2.05, 4.69) is 63.6 Å². The van der Waals surface area contributed by atoms with E-state index in [0.717, 1.165) is 93.9 Å². The van der Waals surface area contributed by atoms with E-state index in [1.54, 1.807) is 12.3 Å². The van der Waals surface area contributed by atoms with Gasteiger partial charge in [-0.3, -0.25) is 34.3 Å². The second-order valence-electron chi connectivity index (χ2n) is 15.1. The summed E-state index contributed by atoms with van der Waals surface area (Å²) in [6.07, 6.45) is 8.58. The van der Waals surface area contributed by atoms with E-state index in [1.807, 2.05) is 42.6 Å². The van der Waals surface area contributed by atoms with Crippen molar-refractivity contribution in [2.75, 3.05) is 74.5 Å². The minimum Gasteiger partial charge on any atom is -0.370 e. The predicted octanol–water partition coefficient (Wildman–Crippen LogP) is 3.55. The number of aromatic nitrogens is 3. The molecular weight excluding hydrogens is 685 g/mol. The van der Waals surface area contributed by atoms with Gasteiger partial charge in [-0.25, -0.2) is 9.97 Å². The highest BCUT2D eigenvalue weighted by Crippen LogP contribution is 2.32. The van der Waals surface area contributed by atoms with Gasteiger partial charge < -0.3 is 25.4 Å². The van der Waals surface area contributed by atoms with Crippen LogP contribution in [0.15, 0.2) is 60.9 Å². The van der Waals surface area contributed by atoms with Crippen LogP contribution < -0.4 is 25.8 Å². The molecule has 3 aromatic heterocycles. The minimum absolute atomic E-state index is 0.172. The molecule has 4 aliphatic heterocycles. The average Bonchev–Trinajstić information content (AvgIpc) is 3.82. The Labute approximate surface area is 314 Å². The van der Waals surface area contributed by atoms with Crippen LogP contribution in [0.25, 0.3) is 10.9 Å². The van der Waals surface area contributed by atoms with Crippen LogP contribution in [-0.2, 0) is 9.59 Å². The summed E-state index contributed by atoms with van der Waals surface area (Å²) in [5.41, 5.74) is 5.15. The summed E-state index contributed by atoms with van der Waals surface area (Å²) < 4.78 is 0. The van der Waals surface area contributed by atoms with E-state index in [-0.39, 0.29) is 23.9 Å². The molecule has 4 aliphatic rings. The Morgan fingerprint density at radius 3 is 2.28 bits per heavy atom. The van der Waals surface area contributed by atoms with Crippen LogP contribution >= 0.6 is 0 Å². The number of carbonyl (C=O) groups excluding carboxylic acids is 4. The van der Waals surface area contributed by atoms with Crippen molar-refractivity contribution in [3.05, 3.63) is 77.9 Å². The number of piperidine rings is 2. The maximum atomic E-state index is 13.1. The average molecular weight is 733 g/mol. The number of anilines is 3. The Morgan fingerprint density at radius 2 is 1.57 bits per heavy atom. The summed E-state index contributed by atoms with van der Waals surface area (Å²) in [7, 11) is 2.16. The molecule has 282 valence electrons. The maximum Gasteiger partial charge on any atom is 0.270 e. The Bertz CT molecular complexity index is 2000. The van der Waals surface area contributed by atoms with Crippen molar-refractivity contribution in [1.29, 1.82) is 0 Å². The number of likely N-dealkylation sites (tertiary alicyclic amines) is 1. The van der Waals surface area contributed by atoms with E-state index >= 15 is 0 Å². The Morgan fingerprint density at radius 1 is 0.815 bits per heavy atom. The Hall–Kier alpha value is -5.34. The molecule has 0 spiro atoms. The number of piperazine rings is 1. The highest BCUT2D eigenvalue weighted by atomic mass is 16.2. The third kappa shape index (κ3) is 7.94. The molecule has 0 aliphatic carbocycles. The first-order valence-electron chi connectivity index (χ1n) is 19.2. The molecule has 8 rings (SSSR count). The van der Waals surface area contributed by atoms with E-state index in [4.69, 9.17) is 0 Å². The fraction of sp³-hybridized carbons (Fsp3) is 0.450. The molecule has 4 fully saturated rings. The zero-order valence-electron chi connectivity index (χ0n) is 30.7. The number of hydrogen-bond acceptors (Lipinski definition) is 10. The number of amides is 4. The summed E-state index contributed by atoms with van der Waals surface area (Å²) in [6, 6.07) is 15.2. The summed E-state index contributed by atoms with van der Waals surface area (Å²) >= 11 is 0. The first kappa shape index (κ1) is 35.7. The largest absolute Gasteiger partial charge is 0.370 e. The van der Waals surface area contributed by atoms with Gasteiger partial charge in [0.05, 0.1) is 17.4 Å². The molecule has 54 heavy (non-hydrogen) atoms. The van der Waals surface area contributed by atoms with Gasteiger partial charge in [0.25, 0.3) is 11.8 Å². The highest BCUT2D eigenvalue weighted by Gasteiger charge is 2.29. The second-order valence-corrected chi connectivity index (χ2v) is 15.1. The standard InChI is InChI=1S/C40H48N10O4/c1-47-14-2-3-35(47)34-21-28-23-42-36(22-33(28)43-34)45-38(52)27-4-6-29(7-5-27)50-19-17-48(18-20-50)25-26-12-15-49(16-13-26)30-8-9-31(41-24-30)39(53)44-32-10-11-37(51)46-40(32)54/h4-9,21-24,26,32,35,43H,2-3,10-20,25H2,1H3,(H,44,53)(H,42,45,52)(H,46,51,54)/t32-,35+/m0/s1. The fourth-order valence-electron chi connectivity index (χ4n) is 8.31. The number of nitrogens with one attached hydrogen (secondary N) is 4. The van der Waals surface area contributed by atoms with E-state index in [9.17, 15) is 19.2 Å². The van der Waals surface area contributed by atoms with Crippen LogP contribution in [0.1, 0.15) is 71.1 Å². The highest BCUT2D eigenvalue weighted by molar-refractivity contribution is 6.05. The molecule has 14 heteroatoms. The lowest BCUT2D eigenvalue weighted by molar-refractivity contribution is -0.134. The van der Waals surface area contributed by atoms with Crippen LogP contribution in [0.4, 0.5) is 17.2 Å². The second kappa shape index (κ2) is 15.6. The van der Waals surface area contributed by atoms with Gasteiger partial charge in [-0.1, -0.05) is 0 Å². The summed E-state index contributed by atoms with van der Waals surface area (Å²) in [5.74, 6) is -0.225. The molecule has 0 saturated carbocycles. The number of imide groups is 1. The van der Waals surface area contributed by atoms with Gasteiger partial charge in [-0.2, -0.15) is 0 Å². The molecule has 1 aromatic carbocycles. The third-order valence-corrected chi connectivity index (χ3v) is 11.5. The van der Waals surface area contributed by atoms with Gasteiger partial charge in [0.1, 0.15) is 17.6 Å². The molecule has 0 bridgehead atoms. The van der Waals surface area contributed by atoms with Gasteiger partial charge in [0.15, 0.2) is 0 Å². The molecule has 4 N–H and O–H groups in total. The number of nitrogens with zero attached hydrogens (tertiary/aromatic N) is 6. The number of carbonyl (C=O) groups is 4. The minimum atomic E-state index is -0.723. The molecule has 7 heterocycles. The molecule has 4 amide bonds. The van der Waals surface area contributed by atoms with Gasteiger partial charge >= 0.3 is 0 Å². The molecule has 4 saturated heterocycles. The number of fused-ring (bicyclic) bond motifs is 1. The molecular formula is C40H48N10O4. The fourth-order valence-corrected chi connectivity index (χ4v) is 8.31. The zero-order chi connectivity index (χ0) is 37.2. The molecule has 14 nitrogen and oxygen atoms in total.